The normalized spacial score (nSPS) is 13.5. The molecule has 1 atom stereocenters. The third-order valence-electron chi connectivity index (χ3n) is 2.63. The highest BCUT2D eigenvalue weighted by Crippen LogP contribution is 2.27. The lowest BCUT2D eigenvalue weighted by molar-refractivity contribution is -0.115. The van der Waals surface area contributed by atoms with Crippen LogP contribution in [0.25, 0.3) is 0 Å². The predicted octanol–water partition coefficient (Wildman–Crippen LogP) is 1.63. The standard InChI is InChI=1S/C12H18ClNO5S/c1-8(12(18-3)19-4)14-20(15,16)11-7-9(13)5-6-10(11)17-2/h5-8,12,14H,1-4H3. The molecule has 1 aromatic carbocycles. The second-order valence-corrected chi connectivity index (χ2v) is 6.16. The van der Waals surface area contributed by atoms with Crippen molar-refractivity contribution >= 4 is 21.6 Å². The summed E-state index contributed by atoms with van der Waals surface area (Å²) in [7, 11) is 0.437. The summed E-state index contributed by atoms with van der Waals surface area (Å²) in [6.45, 7) is 1.63. The molecule has 20 heavy (non-hydrogen) atoms. The van der Waals surface area contributed by atoms with E-state index in [4.69, 9.17) is 25.8 Å². The van der Waals surface area contributed by atoms with Crippen molar-refractivity contribution in [2.45, 2.75) is 24.2 Å². The van der Waals surface area contributed by atoms with Crippen LogP contribution in [0.2, 0.25) is 5.02 Å². The number of benzene rings is 1. The van der Waals surface area contributed by atoms with Crippen LogP contribution >= 0.6 is 11.6 Å². The molecule has 0 radical (unpaired) electrons. The van der Waals surface area contributed by atoms with E-state index in [2.05, 4.69) is 4.72 Å². The van der Waals surface area contributed by atoms with Gasteiger partial charge < -0.3 is 14.2 Å². The molecule has 0 heterocycles. The first-order chi connectivity index (χ1) is 9.35. The van der Waals surface area contributed by atoms with Crippen molar-refractivity contribution in [2.75, 3.05) is 21.3 Å². The molecule has 0 aromatic heterocycles. The smallest absolute Gasteiger partial charge is 0.244 e. The molecule has 0 aliphatic heterocycles. The summed E-state index contributed by atoms with van der Waals surface area (Å²) < 4.78 is 42.2. The van der Waals surface area contributed by atoms with Crippen molar-refractivity contribution in [2.24, 2.45) is 0 Å². The molecule has 0 saturated heterocycles. The Hall–Kier alpha value is -0.860. The number of hydrogen-bond acceptors (Lipinski definition) is 5. The van der Waals surface area contributed by atoms with Gasteiger partial charge >= 0.3 is 0 Å². The SMILES string of the molecule is COc1ccc(Cl)cc1S(=O)(=O)NC(C)C(OC)OC. The zero-order chi connectivity index (χ0) is 15.3. The molecule has 0 aliphatic rings. The summed E-state index contributed by atoms with van der Waals surface area (Å²) in [5.74, 6) is 0.209. The topological polar surface area (TPSA) is 73.9 Å². The van der Waals surface area contributed by atoms with Gasteiger partial charge in [0.2, 0.25) is 10.0 Å². The highest BCUT2D eigenvalue weighted by atomic mass is 35.5. The van der Waals surface area contributed by atoms with Crippen molar-refractivity contribution in [1.82, 2.24) is 4.72 Å². The Labute approximate surface area is 124 Å². The molecular weight excluding hydrogens is 306 g/mol. The molecule has 114 valence electrons. The number of ether oxygens (including phenoxy) is 3. The van der Waals surface area contributed by atoms with Gasteiger partial charge in [0.15, 0.2) is 6.29 Å². The van der Waals surface area contributed by atoms with E-state index in [1.807, 2.05) is 0 Å². The Balaban J connectivity index is 3.08. The van der Waals surface area contributed by atoms with Crippen LogP contribution in [0.1, 0.15) is 6.92 Å². The number of rotatable bonds is 7. The van der Waals surface area contributed by atoms with E-state index < -0.39 is 22.4 Å². The van der Waals surface area contributed by atoms with Gasteiger partial charge in [0.05, 0.1) is 13.2 Å². The average Bonchev–Trinajstić information content (AvgIpc) is 2.39. The number of methoxy groups -OCH3 is 3. The summed E-state index contributed by atoms with van der Waals surface area (Å²) in [5.41, 5.74) is 0. The lowest BCUT2D eigenvalue weighted by Crippen LogP contribution is -2.42. The molecule has 0 bridgehead atoms. The minimum Gasteiger partial charge on any atom is -0.495 e. The van der Waals surface area contributed by atoms with Crippen LogP contribution in [0.4, 0.5) is 0 Å². The maximum Gasteiger partial charge on any atom is 0.244 e. The summed E-state index contributed by atoms with van der Waals surface area (Å²) in [4.78, 5) is -0.0368. The molecule has 0 amide bonds. The molecule has 1 aromatic rings. The fourth-order valence-electron chi connectivity index (χ4n) is 1.73. The first-order valence-electron chi connectivity index (χ1n) is 5.77. The van der Waals surface area contributed by atoms with E-state index in [0.717, 1.165) is 0 Å². The molecule has 0 spiro atoms. The largest absolute Gasteiger partial charge is 0.495 e. The van der Waals surface area contributed by atoms with Crippen molar-refractivity contribution < 1.29 is 22.6 Å². The fraction of sp³-hybridized carbons (Fsp3) is 0.500. The predicted molar refractivity (Wildman–Crippen MR) is 75.6 cm³/mol. The monoisotopic (exact) mass is 323 g/mol. The summed E-state index contributed by atoms with van der Waals surface area (Å²) >= 11 is 5.84. The third kappa shape index (κ3) is 4.07. The average molecular weight is 324 g/mol. The zero-order valence-corrected chi connectivity index (χ0v) is 13.3. The van der Waals surface area contributed by atoms with Gasteiger partial charge in [-0.15, -0.1) is 0 Å². The lowest BCUT2D eigenvalue weighted by Gasteiger charge is -2.22. The van der Waals surface area contributed by atoms with E-state index in [1.54, 1.807) is 13.0 Å². The van der Waals surface area contributed by atoms with E-state index >= 15 is 0 Å². The van der Waals surface area contributed by atoms with Gasteiger partial charge in [-0.1, -0.05) is 11.6 Å². The van der Waals surface area contributed by atoms with Gasteiger partial charge in [0.1, 0.15) is 10.6 Å². The zero-order valence-electron chi connectivity index (χ0n) is 11.7. The second-order valence-electron chi connectivity index (χ2n) is 4.04. The molecule has 0 fully saturated rings. The molecule has 6 nitrogen and oxygen atoms in total. The molecule has 0 saturated carbocycles. The minimum absolute atomic E-state index is 0.0368. The lowest BCUT2D eigenvalue weighted by atomic mass is 10.3. The Bertz CT molecular complexity index is 545. The summed E-state index contributed by atoms with van der Waals surface area (Å²) in [5, 5.41) is 0.300. The van der Waals surface area contributed by atoms with Crippen LogP contribution in [-0.4, -0.2) is 42.1 Å². The Morgan fingerprint density at radius 1 is 1.20 bits per heavy atom. The molecular formula is C12H18ClNO5S. The van der Waals surface area contributed by atoms with Crippen molar-refractivity contribution in [1.29, 1.82) is 0 Å². The van der Waals surface area contributed by atoms with Crippen LogP contribution in [0.5, 0.6) is 5.75 Å². The van der Waals surface area contributed by atoms with Crippen LogP contribution < -0.4 is 9.46 Å². The molecule has 8 heteroatoms. The van der Waals surface area contributed by atoms with E-state index in [0.29, 0.717) is 5.02 Å². The molecule has 1 rings (SSSR count). The van der Waals surface area contributed by atoms with Gasteiger partial charge in [0.25, 0.3) is 0 Å². The first-order valence-corrected chi connectivity index (χ1v) is 7.63. The minimum atomic E-state index is -3.81. The Kier molecular flexibility index (Phi) is 6.22. The number of hydrogen-bond donors (Lipinski definition) is 1. The first kappa shape index (κ1) is 17.2. The Morgan fingerprint density at radius 3 is 2.30 bits per heavy atom. The van der Waals surface area contributed by atoms with Crippen molar-refractivity contribution in [3.63, 3.8) is 0 Å². The van der Waals surface area contributed by atoms with Crippen molar-refractivity contribution in [3.05, 3.63) is 23.2 Å². The third-order valence-corrected chi connectivity index (χ3v) is 4.44. The van der Waals surface area contributed by atoms with Crippen molar-refractivity contribution in [3.8, 4) is 5.75 Å². The van der Waals surface area contributed by atoms with Gasteiger partial charge in [0, 0.05) is 19.2 Å². The molecule has 1 unspecified atom stereocenters. The maximum atomic E-state index is 12.3. The number of halogens is 1. The van der Waals surface area contributed by atoms with E-state index in [9.17, 15) is 8.42 Å². The van der Waals surface area contributed by atoms with Gasteiger partial charge in [-0.2, -0.15) is 0 Å². The Morgan fingerprint density at radius 2 is 1.80 bits per heavy atom. The maximum absolute atomic E-state index is 12.3. The van der Waals surface area contributed by atoms with Gasteiger partial charge in [-0.3, -0.25) is 0 Å². The number of nitrogens with one attached hydrogen (secondary N) is 1. The highest BCUT2D eigenvalue weighted by Gasteiger charge is 2.26. The van der Waals surface area contributed by atoms with Crippen LogP contribution in [0.15, 0.2) is 23.1 Å². The number of sulfonamides is 1. The quantitative estimate of drug-likeness (QED) is 0.772. The second kappa shape index (κ2) is 7.24. The fourth-order valence-corrected chi connectivity index (χ4v) is 3.39. The van der Waals surface area contributed by atoms with E-state index in [-0.39, 0.29) is 10.6 Å². The highest BCUT2D eigenvalue weighted by molar-refractivity contribution is 7.89. The van der Waals surface area contributed by atoms with Crippen LogP contribution in [0.3, 0.4) is 0 Å². The van der Waals surface area contributed by atoms with Crippen LogP contribution in [-0.2, 0) is 19.5 Å². The molecule has 0 aliphatic carbocycles. The summed E-state index contributed by atoms with van der Waals surface area (Å²) in [6.07, 6.45) is -0.699. The van der Waals surface area contributed by atoms with Gasteiger partial charge in [-0.05, 0) is 25.1 Å². The van der Waals surface area contributed by atoms with E-state index in [1.165, 1.54) is 33.5 Å². The van der Waals surface area contributed by atoms with Gasteiger partial charge in [-0.25, -0.2) is 13.1 Å². The summed E-state index contributed by atoms with van der Waals surface area (Å²) in [6, 6.07) is 3.78. The van der Waals surface area contributed by atoms with Crippen LogP contribution in [0, 0.1) is 0 Å². The molecule has 1 N–H and O–H groups in total.